The number of fused-ring (bicyclic) bond motifs is 1. The molecule has 19 heavy (non-hydrogen) atoms. The maximum atomic E-state index is 14.0. The maximum Gasteiger partial charge on any atom is 0.296 e. The number of rotatable bonds is 4. The lowest BCUT2D eigenvalue weighted by Crippen LogP contribution is -2.29. The fraction of sp³-hybridized carbons (Fsp3) is 0.385. The monoisotopic (exact) mass is 266 g/mol. The number of hydrogen-bond acceptors (Lipinski definition) is 4. The zero-order chi connectivity index (χ0) is 14.2. The highest BCUT2D eigenvalue weighted by molar-refractivity contribution is 6.51. The highest BCUT2D eigenvalue weighted by atomic mass is 19.1. The number of nitrogens with zero attached hydrogens (tertiary/aromatic N) is 1. The molecule has 0 aromatic heterocycles. The fourth-order valence-electron chi connectivity index (χ4n) is 2.01. The van der Waals surface area contributed by atoms with Crippen molar-refractivity contribution in [2.24, 2.45) is 0 Å². The van der Waals surface area contributed by atoms with E-state index < -0.39 is 17.5 Å². The molecule has 1 atom stereocenters. The van der Waals surface area contributed by atoms with Crippen LogP contribution in [0.2, 0.25) is 0 Å². The van der Waals surface area contributed by atoms with Gasteiger partial charge in [0.2, 0.25) is 0 Å². The predicted octanol–water partition coefficient (Wildman–Crippen LogP) is 1.43. The molecule has 1 amide bonds. The van der Waals surface area contributed by atoms with Gasteiger partial charge in [0.25, 0.3) is 11.7 Å². The van der Waals surface area contributed by atoms with Gasteiger partial charge in [-0.05, 0) is 19.1 Å². The topological polar surface area (TPSA) is 58.6 Å². The smallest absolute Gasteiger partial charge is 0.296 e. The average Bonchev–Trinajstić information content (AvgIpc) is 2.64. The Kier molecular flexibility index (Phi) is 3.53. The molecule has 1 heterocycles. The Labute approximate surface area is 110 Å². The van der Waals surface area contributed by atoms with Gasteiger partial charge in [0, 0.05) is 20.7 Å². The first kappa shape index (κ1) is 13.5. The SMILES string of the molecule is COC(C)CN(C)c1cc2c(cc1F)C(=O)C(=O)N2. The lowest BCUT2D eigenvalue weighted by molar-refractivity contribution is -0.112. The number of benzene rings is 1. The first-order valence-corrected chi connectivity index (χ1v) is 5.87. The van der Waals surface area contributed by atoms with Gasteiger partial charge < -0.3 is 15.0 Å². The molecule has 1 aromatic rings. The van der Waals surface area contributed by atoms with E-state index in [2.05, 4.69) is 5.32 Å². The van der Waals surface area contributed by atoms with Crippen LogP contribution in [0.15, 0.2) is 12.1 Å². The Balaban J connectivity index is 2.32. The highest BCUT2D eigenvalue weighted by Crippen LogP contribution is 2.30. The van der Waals surface area contributed by atoms with Crippen molar-refractivity contribution >= 4 is 23.1 Å². The Bertz CT molecular complexity index is 545. The first-order valence-electron chi connectivity index (χ1n) is 5.87. The van der Waals surface area contributed by atoms with Crippen LogP contribution >= 0.6 is 0 Å². The minimum absolute atomic E-state index is 0.0612. The van der Waals surface area contributed by atoms with E-state index in [4.69, 9.17) is 4.74 Å². The predicted molar refractivity (Wildman–Crippen MR) is 69.1 cm³/mol. The summed E-state index contributed by atoms with van der Waals surface area (Å²) in [5.74, 6) is -1.96. The molecule has 0 aliphatic carbocycles. The molecule has 102 valence electrons. The van der Waals surface area contributed by atoms with E-state index in [0.29, 0.717) is 17.9 Å². The van der Waals surface area contributed by atoms with E-state index in [0.717, 1.165) is 6.07 Å². The zero-order valence-electron chi connectivity index (χ0n) is 11.0. The Morgan fingerprint density at radius 3 is 2.74 bits per heavy atom. The molecule has 1 unspecified atom stereocenters. The van der Waals surface area contributed by atoms with Crippen molar-refractivity contribution in [3.8, 4) is 0 Å². The lowest BCUT2D eigenvalue weighted by Gasteiger charge is -2.23. The quantitative estimate of drug-likeness (QED) is 0.838. The number of hydrogen-bond donors (Lipinski definition) is 1. The number of carbonyl (C=O) groups excluding carboxylic acids is 2. The first-order chi connectivity index (χ1) is 8.93. The van der Waals surface area contributed by atoms with Crippen molar-refractivity contribution < 1.29 is 18.7 Å². The van der Waals surface area contributed by atoms with E-state index >= 15 is 0 Å². The van der Waals surface area contributed by atoms with Gasteiger partial charge in [0.15, 0.2) is 0 Å². The molecule has 0 bridgehead atoms. The van der Waals surface area contributed by atoms with Gasteiger partial charge in [-0.3, -0.25) is 9.59 Å². The summed E-state index contributed by atoms with van der Waals surface area (Å²) in [5.41, 5.74) is 0.750. The molecule has 0 saturated heterocycles. The van der Waals surface area contributed by atoms with E-state index in [1.54, 1.807) is 19.1 Å². The summed E-state index contributed by atoms with van der Waals surface area (Å²) < 4.78 is 19.1. The number of Topliss-reactive ketones (excluding diaryl/α,β-unsaturated/α-hetero) is 1. The van der Waals surface area contributed by atoms with Crippen LogP contribution in [-0.2, 0) is 9.53 Å². The van der Waals surface area contributed by atoms with Gasteiger partial charge in [-0.2, -0.15) is 0 Å². The molecule has 1 aliphatic heterocycles. The second kappa shape index (κ2) is 4.97. The standard InChI is InChI=1S/C13H15FN2O3/c1-7(19-3)6-16(2)11-5-10-8(4-9(11)14)12(17)13(18)15-10/h4-5,7H,6H2,1-3H3,(H,15,17,18). The van der Waals surface area contributed by atoms with Crippen LogP contribution in [0.1, 0.15) is 17.3 Å². The zero-order valence-corrected chi connectivity index (χ0v) is 11.0. The van der Waals surface area contributed by atoms with Crippen LogP contribution in [0.4, 0.5) is 15.8 Å². The summed E-state index contributed by atoms with van der Waals surface area (Å²) in [6.45, 7) is 2.36. The number of methoxy groups -OCH3 is 1. The Morgan fingerprint density at radius 2 is 2.11 bits per heavy atom. The number of amides is 1. The molecular weight excluding hydrogens is 251 g/mol. The van der Waals surface area contributed by atoms with Gasteiger partial charge in [-0.1, -0.05) is 0 Å². The Morgan fingerprint density at radius 1 is 1.42 bits per heavy atom. The number of likely N-dealkylation sites (N-methyl/N-ethyl adjacent to an activating group) is 1. The van der Waals surface area contributed by atoms with E-state index in [1.165, 1.54) is 6.07 Å². The summed E-state index contributed by atoms with van der Waals surface area (Å²) in [5, 5.41) is 2.42. The minimum Gasteiger partial charge on any atom is -0.380 e. The third kappa shape index (κ3) is 2.44. The summed E-state index contributed by atoms with van der Waals surface area (Å²) in [6.07, 6.45) is -0.0612. The second-order valence-electron chi connectivity index (χ2n) is 4.56. The molecule has 0 spiro atoms. The van der Waals surface area contributed by atoms with E-state index in [9.17, 15) is 14.0 Å². The van der Waals surface area contributed by atoms with Crippen LogP contribution < -0.4 is 10.2 Å². The molecule has 6 heteroatoms. The molecule has 2 rings (SSSR count). The lowest BCUT2D eigenvalue weighted by atomic mass is 10.1. The molecule has 5 nitrogen and oxygen atoms in total. The fourth-order valence-corrected chi connectivity index (χ4v) is 2.01. The molecule has 1 aromatic carbocycles. The van der Waals surface area contributed by atoms with Crippen molar-refractivity contribution in [3.05, 3.63) is 23.5 Å². The number of anilines is 2. The second-order valence-corrected chi connectivity index (χ2v) is 4.56. The number of ether oxygens (including phenoxy) is 1. The van der Waals surface area contributed by atoms with Crippen LogP contribution in [0.3, 0.4) is 0 Å². The average molecular weight is 266 g/mol. The summed E-state index contributed by atoms with van der Waals surface area (Å²) >= 11 is 0. The summed E-state index contributed by atoms with van der Waals surface area (Å²) in [7, 11) is 3.30. The number of carbonyl (C=O) groups is 2. The van der Waals surface area contributed by atoms with Gasteiger partial charge >= 0.3 is 0 Å². The van der Waals surface area contributed by atoms with Gasteiger partial charge in [0.05, 0.1) is 23.0 Å². The van der Waals surface area contributed by atoms with Gasteiger partial charge in [-0.15, -0.1) is 0 Å². The van der Waals surface area contributed by atoms with E-state index in [1.807, 2.05) is 6.92 Å². The minimum atomic E-state index is -0.723. The Hall–Kier alpha value is -1.95. The van der Waals surface area contributed by atoms with Crippen LogP contribution in [0.5, 0.6) is 0 Å². The molecule has 0 radical (unpaired) electrons. The van der Waals surface area contributed by atoms with Crippen molar-refractivity contribution in [1.29, 1.82) is 0 Å². The highest BCUT2D eigenvalue weighted by Gasteiger charge is 2.30. The van der Waals surface area contributed by atoms with Crippen LogP contribution in [0.25, 0.3) is 0 Å². The number of ketones is 1. The maximum absolute atomic E-state index is 14.0. The van der Waals surface area contributed by atoms with Crippen LogP contribution in [-0.4, -0.2) is 38.5 Å². The van der Waals surface area contributed by atoms with Gasteiger partial charge in [0.1, 0.15) is 5.82 Å². The molecular formula is C13H15FN2O3. The third-order valence-corrected chi connectivity index (χ3v) is 3.13. The molecule has 0 saturated carbocycles. The van der Waals surface area contributed by atoms with Crippen molar-refractivity contribution in [2.75, 3.05) is 30.9 Å². The van der Waals surface area contributed by atoms with Crippen molar-refractivity contribution in [3.63, 3.8) is 0 Å². The third-order valence-electron chi connectivity index (χ3n) is 3.13. The number of nitrogens with one attached hydrogen (secondary N) is 1. The largest absolute Gasteiger partial charge is 0.380 e. The molecule has 1 aliphatic rings. The van der Waals surface area contributed by atoms with Crippen molar-refractivity contribution in [2.45, 2.75) is 13.0 Å². The molecule has 0 fully saturated rings. The van der Waals surface area contributed by atoms with Gasteiger partial charge in [-0.25, -0.2) is 4.39 Å². The van der Waals surface area contributed by atoms with Crippen LogP contribution in [0, 0.1) is 5.82 Å². The van der Waals surface area contributed by atoms with Crippen molar-refractivity contribution in [1.82, 2.24) is 0 Å². The normalized spacial score (nSPS) is 15.2. The summed E-state index contributed by atoms with van der Waals surface area (Å²) in [6, 6.07) is 2.56. The number of halogens is 1. The van der Waals surface area contributed by atoms with E-state index in [-0.39, 0.29) is 11.7 Å². The summed E-state index contributed by atoms with van der Waals surface area (Å²) in [4.78, 5) is 24.4. The molecule has 1 N–H and O–H groups in total.